The highest BCUT2D eigenvalue weighted by Gasteiger charge is 2.51. The molecule has 4 aliphatic rings. The van der Waals surface area contributed by atoms with Crippen LogP contribution in [-0.4, -0.2) is 24.0 Å². The monoisotopic (exact) mass is 390 g/mol. The van der Waals surface area contributed by atoms with E-state index in [4.69, 9.17) is 11.6 Å². The molecule has 0 saturated heterocycles. The summed E-state index contributed by atoms with van der Waals surface area (Å²) in [6.45, 7) is 2.20. The Morgan fingerprint density at radius 2 is 1.74 bits per heavy atom. The van der Waals surface area contributed by atoms with Crippen LogP contribution in [0.3, 0.4) is 0 Å². The van der Waals surface area contributed by atoms with Crippen LogP contribution in [0.15, 0.2) is 24.3 Å². The van der Waals surface area contributed by atoms with Crippen molar-refractivity contribution in [2.45, 2.75) is 57.0 Å². The van der Waals surface area contributed by atoms with Crippen molar-refractivity contribution in [1.82, 2.24) is 10.6 Å². The molecular formula is C21H29ClN3O2+. The Hall–Kier alpha value is -1.59. The van der Waals surface area contributed by atoms with E-state index >= 15 is 0 Å². The number of hydrogen-bond donors (Lipinski definition) is 3. The number of halogens is 1. The van der Waals surface area contributed by atoms with Crippen LogP contribution >= 0.6 is 11.6 Å². The molecule has 4 N–H and O–H groups in total. The number of amides is 3. The van der Waals surface area contributed by atoms with Gasteiger partial charge in [0.2, 0.25) is 0 Å². The molecule has 0 aliphatic heterocycles. The summed E-state index contributed by atoms with van der Waals surface area (Å²) in [4.78, 5) is 24.7. The number of urea groups is 1. The molecule has 0 radical (unpaired) electrons. The zero-order valence-corrected chi connectivity index (χ0v) is 16.6. The predicted octanol–water partition coefficient (Wildman–Crippen LogP) is 2.76. The molecule has 5 nitrogen and oxygen atoms in total. The quantitative estimate of drug-likeness (QED) is 0.723. The Labute approximate surface area is 165 Å². The summed E-state index contributed by atoms with van der Waals surface area (Å²) >= 11 is 6.21. The Kier molecular flexibility index (Phi) is 5.17. The van der Waals surface area contributed by atoms with Gasteiger partial charge in [0, 0.05) is 16.1 Å². The number of carbonyl (C=O) groups excluding carboxylic acids is 2. The van der Waals surface area contributed by atoms with Gasteiger partial charge in [0.1, 0.15) is 6.04 Å². The lowest BCUT2D eigenvalue weighted by molar-refractivity contribution is -0.682. The second-order valence-electron chi connectivity index (χ2n) is 8.95. The molecular weight excluding hydrogens is 362 g/mol. The maximum Gasteiger partial charge on any atom is 0.322 e. The molecule has 6 heteroatoms. The average molecular weight is 391 g/mol. The van der Waals surface area contributed by atoms with Crippen LogP contribution < -0.4 is 16.0 Å². The first kappa shape index (κ1) is 18.8. The molecule has 3 amide bonds. The normalized spacial score (nSPS) is 32.1. The second kappa shape index (κ2) is 7.44. The Morgan fingerprint density at radius 1 is 1.15 bits per heavy atom. The molecule has 146 valence electrons. The van der Waals surface area contributed by atoms with Crippen molar-refractivity contribution in [3.63, 3.8) is 0 Å². The Balaban J connectivity index is 1.26. The number of benzene rings is 1. The van der Waals surface area contributed by atoms with E-state index in [2.05, 4.69) is 10.6 Å². The highest BCUT2D eigenvalue weighted by atomic mass is 35.5. The van der Waals surface area contributed by atoms with Gasteiger partial charge in [0.05, 0.1) is 0 Å². The van der Waals surface area contributed by atoms with Crippen LogP contribution in [0.25, 0.3) is 0 Å². The SMILES string of the molecule is C[C@H]([NH2+]CC(=O)NC(=O)NC12CC3CC(CC(C3)C1)C2)c1ccccc1Cl. The molecule has 27 heavy (non-hydrogen) atoms. The van der Waals surface area contributed by atoms with Crippen molar-refractivity contribution < 1.29 is 14.9 Å². The third-order valence-corrected chi connectivity index (χ3v) is 7.07. The van der Waals surface area contributed by atoms with Crippen molar-refractivity contribution in [3.05, 3.63) is 34.9 Å². The van der Waals surface area contributed by atoms with Gasteiger partial charge in [-0.05, 0) is 69.3 Å². The molecule has 1 aromatic rings. The summed E-state index contributed by atoms with van der Waals surface area (Å²) in [6, 6.07) is 7.35. The van der Waals surface area contributed by atoms with Crippen LogP contribution in [-0.2, 0) is 4.79 Å². The standard InChI is InChI=1S/C21H28ClN3O2/c1-13(17-4-2-3-5-18(17)22)23-12-19(26)24-20(27)25-21-9-14-6-15(10-21)8-16(7-14)11-21/h2-5,13-16,23H,6-12H2,1H3,(H2,24,25,26,27)/p+1/t13-,14?,15?,16?,21?/m0/s1. The van der Waals surface area contributed by atoms with Crippen LogP contribution in [0, 0.1) is 17.8 Å². The third kappa shape index (κ3) is 4.14. The molecule has 4 saturated carbocycles. The van der Waals surface area contributed by atoms with E-state index < -0.39 is 0 Å². The van der Waals surface area contributed by atoms with Crippen LogP contribution in [0.1, 0.15) is 57.1 Å². The molecule has 4 aliphatic carbocycles. The molecule has 0 spiro atoms. The first-order valence-electron chi connectivity index (χ1n) is 10.1. The van der Waals surface area contributed by atoms with E-state index in [1.54, 1.807) is 0 Å². The van der Waals surface area contributed by atoms with Crippen LogP contribution in [0.2, 0.25) is 5.02 Å². The minimum Gasteiger partial charge on any atom is -0.332 e. The van der Waals surface area contributed by atoms with Gasteiger partial charge >= 0.3 is 6.03 Å². The number of imide groups is 1. The summed E-state index contributed by atoms with van der Waals surface area (Å²) in [5.74, 6) is 2.02. The minimum atomic E-state index is -0.333. The van der Waals surface area contributed by atoms with Crippen molar-refractivity contribution in [2.24, 2.45) is 17.8 Å². The predicted molar refractivity (Wildman–Crippen MR) is 104 cm³/mol. The summed E-state index contributed by atoms with van der Waals surface area (Å²) in [6.07, 6.45) is 7.23. The smallest absolute Gasteiger partial charge is 0.322 e. The first-order valence-corrected chi connectivity index (χ1v) is 10.5. The van der Waals surface area contributed by atoms with Gasteiger partial charge < -0.3 is 10.6 Å². The molecule has 5 rings (SSSR count). The number of nitrogens with two attached hydrogens (primary N) is 1. The zero-order valence-electron chi connectivity index (χ0n) is 15.8. The summed E-state index contributed by atoms with van der Waals surface area (Å²) in [5.41, 5.74) is 0.915. The third-order valence-electron chi connectivity index (χ3n) is 6.72. The number of nitrogens with one attached hydrogen (secondary N) is 2. The lowest BCUT2D eigenvalue weighted by Crippen LogP contribution is -2.87. The fraction of sp³-hybridized carbons (Fsp3) is 0.619. The number of rotatable bonds is 5. The van der Waals surface area contributed by atoms with Crippen molar-refractivity contribution in [2.75, 3.05) is 6.54 Å². The molecule has 1 aromatic carbocycles. The van der Waals surface area contributed by atoms with Gasteiger partial charge in [0.15, 0.2) is 6.54 Å². The zero-order chi connectivity index (χ0) is 19.0. The van der Waals surface area contributed by atoms with Gasteiger partial charge in [-0.3, -0.25) is 10.1 Å². The maximum absolute atomic E-state index is 12.4. The van der Waals surface area contributed by atoms with Gasteiger partial charge in [-0.2, -0.15) is 0 Å². The lowest BCUT2D eigenvalue weighted by Gasteiger charge is -2.56. The fourth-order valence-corrected chi connectivity index (χ4v) is 6.28. The van der Waals surface area contributed by atoms with E-state index in [1.165, 1.54) is 19.3 Å². The highest BCUT2D eigenvalue weighted by molar-refractivity contribution is 6.31. The van der Waals surface area contributed by atoms with Crippen LogP contribution in [0.4, 0.5) is 4.79 Å². The summed E-state index contributed by atoms with van der Waals surface area (Å²) in [5, 5.41) is 8.29. The molecule has 0 unspecified atom stereocenters. The van der Waals surface area contributed by atoms with Gasteiger partial charge in [-0.15, -0.1) is 0 Å². The number of quaternary nitrogens is 1. The van der Waals surface area contributed by atoms with E-state index in [0.29, 0.717) is 5.02 Å². The summed E-state index contributed by atoms with van der Waals surface area (Å²) in [7, 11) is 0. The van der Waals surface area contributed by atoms with Crippen LogP contribution in [0.5, 0.6) is 0 Å². The second-order valence-corrected chi connectivity index (χ2v) is 9.36. The molecule has 1 atom stereocenters. The first-order chi connectivity index (χ1) is 12.9. The van der Waals surface area contributed by atoms with Crippen molar-refractivity contribution >= 4 is 23.5 Å². The minimum absolute atomic E-state index is 0.0515. The van der Waals surface area contributed by atoms with Gasteiger partial charge in [-0.25, -0.2) is 4.79 Å². The van der Waals surface area contributed by atoms with E-state index in [-0.39, 0.29) is 30.1 Å². The molecule has 4 fully saturated rings. The Bertz CT molecular complexity index is 701. The molecule has 0 heterocycles. The van der Waals surface area contributed by atoms with Crippen molar-refractivity contribution in [3.8, 4) is 0 Å². The number of carbonyl (C=O) groups is 2. The Morgan fingerprint density at radius 3 is 2.33 bits per heavy atom. The molecule has 4 bridgehead atoms. The number of hydrogen-bond acceptors (Lipinski definition) is 2. The summed E-state index contributed by atoms with van der Waals surface area (Å²) < 4.78 is 0. The topological polar surface area (TPSA) is 74.8 Å². The van der Waals surface area contributed by atoms with Gasteiger partial charge in [-0.1, -0.05) is 29.8 Å². The molecule has 0 aromatic heterocycles. The largest absolute Gasteiger partial charge is 0.332 e. The average Bonchev–Trinajstić information content (AvgIpc) is 2.58. The van der Waals surface area contributed by atoms with Crippen molar-refractivity contribution in [1.29, 1.82) is 0 Å². The van der Waals surface area contributed by atoms with E-state index in [9.17, 15) is 9.59 Å². The lowest BCUT2D eigenvalue weighted by atomic mass is 9.53. The van der Waals surface area contributed by atoms with E-state index in [0.717, 1.165) is 42.6 Å². The van der Waals surface area contributed by atoms with Gasteiger partial charge in [0.25, 0.3) is 5.91 Å². The fourth-order valence-electron chi connectivity index (χ4n) is 5.97. The van der Waals surface area contributed by atoms with E-state index in [1.807, 2.05) is 36.5 Å². The maximum atomic E-state index is 12.4. The highest BCUT2D eigenvalue weighted by Crippen LogP contribution is 2.55.